The van der Waals surface area contributed by atoms with Gasteiger partial charge in [0.2, 0.25) is 0 Å². The smallest absolute Gasteiger partial charge is 0.394 e. The highest BCUT2D eigenvalue weighted by Gasteiger charge is 2.36. The number of hydrogen-bond donors (Lipinski definition) is 2. The van der Waals surface area contributed by atoms with Crippen LogP contribution >= 0.6 is 0 Å². The lowest BCUT2D eigenvalue weighted by molar-refractivity contribution is -0.137. The van der Waals surface area contributed by atoms with Gasteiger partial charge in [-0.2, -0.15) is 13.2 Å². The predicted octanol–water partition coefficient (Wildman–Crippen LogP) is 4.73. The Kier molecular flexibility index (Phi) is 7.69. The third kappa shape index (κ3) is 6.05. The van der Waals surface area contributed by atoms with Crippen LogP contribution in [0.4, 0.5) is 34.8 Å². The van der Waals surface area contributed by atoms with E-state index in [4.69, 9.17) is 20.9 Å². The van der Waals surface area contributed by atoms with Crippen LogP contribution in [-0.2, 0) is 15.7 Å². The summed E-state index contributed by atoms with van der Waals surface area (Å²) in [6.45, 7) is 2.19. The van der Waals surface area contributed by atoms with Gasteiger partial charge in [0.05, 0.1) is 42.5 Å². The number of nitrogens with two attached hydrogens (primary N) is 2. The van der Waals surface area contributed by atoms with E-state index >= 15 is 0 Å². The largest absolute Gasteiger partial charge is 0.416 e. The number of alkyl halides is 3. The maximum Gasteiger partial charge on any atom is 0.416 e. The number of methoxy groups -OCH3 is 1. The second-order valence-corrected chi connectivity index (χ2v) is 8.66. The fraction of sp³-hybridized carbons (Fsp3) is 0.522. The fourth-order valence-corrected chi connectivity index (χ4v) is 4.42. The maximum absolute atomic E-state index is 14.0. The Morgan fingerprint density at radius 3 is 2.42 bits per heavy atom. The number of halogens is 4. The van der Waals surface area contributed by atoms with Gasteiger partial charge in [-0.15, -0.1) is 0 Å². The molecule has 0 aliphatic heterocycles. The Morgan fingerprint density at radius 2 is 1.79 bits per heavy atom. The molecule has 1 aliphatic carbocycles. The van der Waals surface area contributed by atoms with Crippen molar-refractivity contribution < 1.29 is 27.0 Å². The molecule has 0 amide bonds. The average Bonchev–Trinajstić information content (AvgIpc) is 3.20. The van der Waals surface area contributed by atoms with Crippen molar-refractivity contribution in [2.45, 2.75) is 31.9 Å². The van der Waals surface area contributed by atoms with Crippen LogP contribution in [0.5, 0.6) is 0 Å². The first-order valence-electron chi connectivity index (χ1n) is 10.8. The number of anilines is 3. The monoisotopic (exact) mass is 470 g/mol. The van der Waals surface area contributed by atoms with Gasteiger partial charge in [0.1, 0.15) is 11.6 Å². The highest BCUT2D eigenvalue weighted by atomic mass is 19.4. The van der Waals surface area contributed by atoms with E-state index in [2.05, 4.69) is 4.98 Å². The molecule has 3 rings (SSSR count). The van der Waals surface area contributed by atoms with Crippen LogP contribution in [0.2, 0.25) is 0 Å². The zero-order valence-corrected chi connectivity index (χ0v) is 18.8. The first kappa shape index (κ1) is 25.0. The van der Waals surface area contributed by atoms with E-state index in [1.807, 2.05) is 11.9 Å². The summed E-state index contributed by atoms with van der Waals surface area (Å²) in [6, 6.07) is 3.85. The van der Waals surface area contributed by atoms with Crippen molar-refractivity contribution in [3.05, 3.63) is 35.6 Å². The molecule has 0 saturated heterocycles. The van der Waals surface area contributed by atoms with Gasteiger partial charge < -0.3 is 25.8 Å². The molecular weight excluding hydrogens is 440 g/mol. The topological polar surface area (TPSA) is 86.6 Å². The summed E-state index contributed by atoms with van der Waals surface area (Å²) in [5.41, 5.74) is 11.8. The summed E-state index contributed by atoms with van der Waals surface area (Å²) in [5.74, 6) is -1.03. The number of hydrogen-bond acceptors (Lipinski definition) is 6. The van der Waals surface area contributed by atoms with Gasteiger partial charge in [0, 0.05) is 31.7 Å². The van der Waals surface area contributed by atoms with Crippen molar-refractivity contribution in [2.24, 2.45) is 5.41 Å². The minimum absolute atomic E-state index is 0.0241. The Bertz CT molecular complexity index is 962. The molecule has 1 fully saturated rings. The van der Waals surface area contributed by atoms with Crippen LogP contribution < -0.4 is 16.4 Å². The predicted molar refractivity (Wildman–Crippen MR) is 120 cm³/mol. The molecule has 6 nitrogen and oxygen atoms in total. The molecule has 2 aromatic rings. The minimum atomic E-state index is -4.69. The average molecular weight is 471 g/mol. The Morgan fingerprint density at radius 1 is 1.09 bits per heavy atom. The number of pyridine rings is 1. The van der Waals surface area contributed by atoms with Gasteiger partial charge in [-0.05, 0) is 37.1 Å². The molecule has 1 heterocycles. The van der Waals surface area contributed by atoms with Crippen LogP contribution in [0, 0.1) is 11.2 Å². The molecule has 33 heavy (non-hydrogen) atoms. The van der Waals surface area contributed by atoms with E-state index < -0.39 is 17.6 Å². The lowest BCUT2D eigenvalue weighted by Gasteiger charge is -2.35. The number of rotatable bonds is 9. The Hall–Kier alpha value is -2.59. The molecule has 0 atom stereocenters. The normalized spacial score (nSPS) is 15.7. The van der Waals surface area contributed by atoms with Gasteiger partial charge in [-0.3, -0.25) is 0 Å². The second-order valence-electron chi connectivity index (χ2n) is 8.66. The van der Waals surface area contributed by atoms with Gasteiger partial charge in [0.25, 0.3) is 0 Å². The first-order valence-corrected chi connectivity index (χ1v) is 10.8. The number of ether oxygens (including phenoxy) is 2. The summed E-state index contributed by atoms with van der Waals surface area (Å²) >= 11 is 0. The highest BCUT2D eigenvalue weighted by molar-refractivity contribution is 5.82. The van der Waals surface area contributed by atoms with Crippen molar-refractivity contribution in [3.63, 3.8) is 0 Å². The quantitative estimate of drug-likeness (QED) is 0.407. The van der Waals surface area contributed by atoms with Crippen molar-refractivity contribution >= 4 is 17.2 Å². The highest BCUT2D eigenvalue weighted by Crippen LogP contribution is 2.42. The third-order valence-corrected chi connectivity index (χ3v) is 6.08. The van der Waals surface area contributed by atoms with Crippen LogP contribution in [0.3, 0.4) is 0 Å². The van der Waals surface area contributed by atoms with Crippen LogP contribution in [0.25, 0.3) is 11.3 Å². The lowest BCUT2D eigenvalue weighted by Crippen LogP contribution is -2.38. The Balaban J connectivity index is 1.90. The molecule has 1 aromatic heterocycles. The molecule has 10 heteroatoms. The zero-order valence-electron chi connectivity index (χ0n) is 18.8. The van der Waals surface area contributed by atoms with Crippen molar-refractivity contribution in [3.8, 4) is 11.3 Å². The van der Waals surface area contributed by atoms with Gasteiger partial charge >= 0.3 is 6.18 Å². The fourth-order valence-electron chi connectivity index (χ4n) is 4.42. The van der Waals surface area contributed by atoms with E-state index in [1.54, 1.807) is 13.2 Å². The van der Waals surface area contributed by atoms with Crippen LogP contribution in [0.1, 0.15) is 31.2 Å². The van der Waals surface area contributed by atoms with Crippen molar-refractivity contribution in [2.75, 3.05) is 56.9 Å². The molecule has 1 aromatic carbocycles. The number of aromatic nitrogens is 1. The van der Waals surface area contributed by atoms with E-state index in [0.717, 1.165) is 37.8 Å². The summed E-state index contributed by atoms with van der Waals surface area (Å²) < 4.78 is 64.4. The molecule has 0 spiro atoms. The Labute approximate surface area is 190 Å². The van der Waals surface area contributed by atoms with Gasteiger partial charge in [0.15, 0.2) is 0 Å². The molecule has 0 unspecified atom stereocenters. The van der Waals surface area contributed by atoms with Crippen molar-refractivity contribution in [1.29, 1.82) is 0 Å². The molecule has 1 saturated carbocycles. The summed E-state index contributed by atoms with van der Waals surface area (Å²) in [5, 5.41) is 0. The molecule has 0 bridgehead atoms. The summed E-state index contributed by atoms with van der Waals surface area (Å²) in [7, 11) is 3.46. The van der Waals surface area contributed by atoms with Gasteiger partial charge in [-0.25, -0.2) is 9.37 Å². The van der Waals surface area contributed by atoms with Crippen molar-refractivity contribution in [1.82, 2.24) is 4.98 Å². The standard InChI is InChI=1S/C23H30F4N4O2/c1-31(13-22(5-3-4-6-22)14-33-8-7-32-2)19-12-18(30-21(29)20(19)28)15-9-16(23(25,26)27)11-17(24)10-15/h9-12H,3-8,13-14,28H2,1-2H3,(H2,29,30). The SMILES string of the molecule is COCCOCC1(CN(C)c2cc(-c3cc(F)cc(C(F)(F)F)c3)nc(N)c2N)CCCC1. The molecule has 182 valence electrons. The third-order valence-electron chi connectivity index (χ3n) is 6.08. The number of nitrogen functional groups attached to an aromatic ring is 2. The lowest BCUT2D eigenvalue weighted by atomic mass is 9.86. The second kappa shape index (κ2) is 10.1. The first-order chi connectivity index (χ1) is 15.5. The zero-order chi connectivity index (χ0) is 24.2. The molecule has 4 N–H and O–H groups in total. The molecule has 0 radical (unpaired) electrons. The summed E-state index contributed by atoms with van der Waals surface area (Å²) in [6.07, 6.45) is -0.547. The maximum atomic E-state index is 14.0. The van der Waals surface area contributed by atoms with E-state index in [9.17, 15) is 17.6 Å². The van der Waals surface area contributed by atoms with Crippen LogP contribution in [0.15, 0.2) is 24.3 Å². The minimum Gasteiger partial charge on any atom is -0.394 e. The molecular formula is C23H30F4N4O2. The van der Waals surface area contributed by atoms with E-state index in [1.165, 1.54) is 0 Å². The van der Waals surface area contributed by atoms with Gasteiger partial charge in [-0.1, -0.05) is 12.8 Å². The molecule has 1 aliphatic rings. The summed E-state index contributed by atoms with van der Waals surface area (Å²) in [4.78, 5) is 6.05. The number of benzene rings is 1. The van der Waals surface area contributed by atoms with E-state index in [-0.39, 0.29) is 28.2 Å². The van der Waals surface area contributed by atoms with Crippen LogP contribution in [-0.4, -0.2) is 45.5 Å². The number of nitrogens with zero attached hydrogens (tertiary/aromatic N) is 2. The van der Waals surface area contributed by atoms with E-state index in [0.29, 0.717) is 38.1 Å².